The molecule has 404 valence electrons. The number of hydrogen-bond acceptors (Lipinski definition) is 6. The molecule has 0 bridgehead atoms. The van der Waals surface area contributed by atoms with Crippen LogP contribution in [0.3, 0.4) is 0 Å². The largest absolute Gasteiger partial charge is 0.462 e. The van der Waals surface area contributed by atoms with E-state index in [1.165, 1.54) is 186 Å². The minimum atomic E-state index is -0.775. The predicted octanol–water partition coefficient (Wildman–Crippen LogP) is 20.4. The van der Waals surface area contributed by atoms with Crippen molar-refractivity contribution in [3.8, 4) is 0 Å². The Hall–Kier alpha value is -2.37. The van der Waals surface area contributed by atoms with Crippen LogP contribution >= 0.6 is 0 Å². The molecule has 0 heterocycles. The summed E-state index contributed by atoms with van der Waals surface area (Å²) in [4.78, 5) is 37.8. The molecule has 0 aromatic heterocycles. The minimum absolute atomic E-state index is 0.0762. The van der Waals surface area contributed by atoms with Gasteiger partial charge in [0.05, 0.1) is 0 Å². The van der Waals surface area contributed by atoms with Gasteiger partial charge in [-0.2, -0.15) is 0 Å². The number of rotatable bonds is 56. The fourth-order valence-electron chi connectivity index (χ4n) is 9.11. The molecule has 0 saturated carbocycles. The van der Waals surface area contributed by atoms with E-state index < -0.39 is 6.10 Å². The molecule has 0 aromatic carbocycles. The lowest BCUT2D eigenvalue weighted by molar-refractivity contribution is -0.167. The van der Waals surface area contributed by atoms with E-state index in [-0.39, 0.29) is 31.1 Å². The van der Waals surface area contributed by atoms with Gasteiger partial charge in [-0.1, -0.05) is 295 Å². The fourth-order valence-corrected chi connectivity index (χ4v) is 9.11. The second-order valence-electron chi connectivity index (χ2n) is 20.6. The summed E-state index contributed by atoms with van der Waals surface area (Å²) < 4.78 is 16.7. The Morgan fingerprint density at radius 2 is 0.565 bits per heavy atom. The first-order valence-electron chi connectivity index (χ1n) is 30.5. The van der Waals surface area contributed by atoms with Crippen LogP contribution in [0.4, 0.5) is 0 Å². The van der Waals surface area contributed by atoms with E-state index in [0.717, 1.165) is 103 Å². The zero-order valence-electron chi connectivity index (χ0n) is 46.3. The molecule has 1 unspecified atom stereocenters. The van der Waals surface area contributed by atoms with E-state index in [4.69, 9.17) is 14.2 Å². The molecule has 0 aromatic rings. The van der Waals surface area contributed by atoms with Crippen molar-refractivity contribution < 1.29 is 28.6 Å². The molecule has 0 fully saturated rings. The Morgan fingerprint density at radius 3 is 0.884 bits per heavy atom. The molecule has 6 heteroatoms. The van der Waals surface area contributed by atoms with Gasteiger partial charge in [-0.15, -0.1) is 0 Å². The lowest BCUT2D eigenvalue weighted by Crippen LogP contribution is -2.30. The van der Waals surface area contributed by atoms with Gasteiger partial charge in [0.2, 0.25) is 0 Å². The summed E-state index contributed by atoms with van der Waals surface area (Å²) in [5.74, 6) is -0.893. The SMILES string of the molecule is CC/C=C\C/C=C\C/C=C\CCCCCCCC(=O)OC(COC(=O)CCCCCCC)COC(=O)CCCCCCCCCCCCCCCCCCCCCCCCCCCCCCCCC. The number of carbonyl (C=O) groups excluding carboxylic acids is 3. The van der Waals surface area contributed by atoms with E-state index in [1.54, 1.807) is 0 Å². The monoisotopic (exact) mass is 969 g/mol. The molecule has 0 rings (SSSR count). The van der Waals surface area contributed by atoms with Crippen molar-refractivity contribution >= 4 is 17.9 Å². The van der Waals surface area contributed by atoms with E-state index in [2.05, 4.69) is 57.2 Å². The van der Waals surface area contributed by atoms with Crippen LogP contribution < -0.4 is 0 Å². The maximum absolute atomic E-state index is 12.7. The maximum atomic E-state index is 12.7. The van der Waals surface area contributed by atoms with E-state index in [0.29, 0.717) is 19.3 Å². The third kappa shape index (κ3) is 56.4. The summed E-state index contributed by atoms with van der Waals surface area (Å²) >= 11 is 0. The smallest absolute Gasteiger partial charge is 0.306 e. The molecule has 0 aliphatic rings. The van der Waals surface area contributed by atoms with Gasteiger partial charge in [0.15, 0.2) is 6.10 Å². The van der Waals surface area contributed by atoms with Gasteiger partial charge >= 0.3 is 17.9 Å². The van der Waals surface area contributed by atoms with E-state index in [1.807, 2.05) is 0 Å². The molecular weight excluding hydrogens is 853 g/mol. The van der Waals surface area contributed by atoms with Crippen LogP contribution in [0.25, 0.3) is 0 Å². The Balaban J connectivity index is 3.90. The normalized spacial score (nSPS) is 12.2. The predicted molar refractivity (Wildman–Crippen MR) is 298 cm³/mol. The van der Waals surface area contributed by atoms with Gasteiger partial charge in [-0.3, -0.25) is 14.4 Å². The zero-order chi connectivity index (χ0) is 50.0. The third-order valence-corrected chi connectivity index (χ3v) is 13.7. The Morgan fingerprint density at radius 1 is 0.304 bits per heavy atom. The second-order valence-corrected chi connectivity index (χ2v) is 20.6. The minimum Gasteiger partial charge on any atom is -0.462 e. The average molecular weight is 970 g/mol. The lowest BCUT2D eigenvalue weighted by atomic mass is 10.0. The van der Waals surface area contributed by atoms with Crippen molar-refractivity contribution in [2.75, 3.05) is 13.2 Å². The van der Waals surface area contributed by atoms with Crippen LogP contribution in [-0.4, -0.2) is 37.2 Å². The topological polar surface area (TPSA) is 78.9 Å². The Kier molecular flexibility index (Phi) is 56.2. The van der Waals surface area contributed by atoms with Crippen molar-refractivity contribution in [1.29, 1.82) is 0 Å². The summed E-state index contributed by atoms with van der Waals surface area (Å²) in [5.41, 5.74) is 0. The summed E-state index contributed by atoms with van der Waals surface area (Å²) in [6.07, 6.45) is 70.8. The van der Waals surface area contributed by atoms with Crippen LogP contribution in [-0.2, 0) is 28.6 Å². The first-order valence-corrected chi connectivity index (χ1v) is 30.5. The summed E-state index contributed by atoms with van der Waals surface area (Å²) in [6.45, 7) is 6.47. The van der Waals surface area contributed by atoms with Gasteiger partial charge in [0.1, 0.15) is 13.2 Å². The summed E-state index contributed by atoms with van der Waals surface area (Å²) in [6, 6.07) is 0. The quantitative estimate of drug-likeness (QED) is 0.0261. The molecule has 0 aliphatic heterocycles. The highest BCUT2D eigenvalue weighted by atomic mass is 16.6. The highest BCUT2D eigenvalue weighted by molar-refractivity contribution is 5.71. The maximum Gasteiger partial charge on any atom is 0.306 e. The molecule has 0 N–H and O–H groups in total. The zero-order valence-corrected chi connectivity index (χ0v) is 46.3. The molecule has 69 heavy (non-hydrogen) atoms. The summed E-state index contributed by atoms with van der Waals surface area (Å²) in [7, 11) is 0. The van der Waals surface area contributed by atoms with Gasteiger partial charge in [-0.25, -0.2) is 0 Å². The second kappa shape index (κ2) is 58.2. The van der Waals surface area contributed by atoms with Gasteiger partial charge < -0.3 is 14.2 Å². The van der Waals surface area contributed by atoms with E-state index in [9.17, 15) is 14.4 Å². The number of esters is 3. The van der Waals surface area contributed by atoms with Crippen LogP contribution in [0, 0.1) is 0 Å². The number of ether oxygens (including phenoxy) is 3. The van der Waals surface area contributed by atoms with Crippen molar-refractivity contribution in [3.05, 3.63) is 36.5 Å². The molecule has 0 spiro atoms. The van der Waals surface area contributed by atoms with Crippen LogP contribution in [0.5, 0.6) is 0 Å². The standard InChI is InChI=1S/C63H116O6/c1-4-7-10-13-15-17-19-21-23-24-25-26-27-28-29-30-31-32-33-34-35-36-37-38-40-41-43-45-47-50-53-56-62(65)68-59-60(58-67-61(64)55-52-49-12-9-6-3)69-63(66)57-54-51-48-46-44-42-39-22-20-18-16-14-11-8-5-2/h8,11,16,18,22,39,60H,4-7,9-10,12-15,17,19-21,23-38,40-59H2,1-3H3/b11-8-,18-16-,39-22-. The van der Waals surface area contributed by atoms with Crippen molar-refractivity contribution in [3.63, 3.8) is 0 Å². The van der Waals surface area contributed by atoms with Crippen molar-refractivity contribution in [2.24, 2.45) is 0 Å². The van der Waals surface area contributed by atoms with Gasteiger partial charge in [0, 0.05) is 19.3 Å². The summed E-state index contributed by atoms with van der Waals surface area (Å²) in [5, 5.41) is 0. The van der Waals surface area contributed by atoms with Crippen molar-refractivity contribution in [2.45, 2.75) is 335 Å². The van der Waals surface area contributed by atoms with Crippen LogP contribution in [0.1, 0.15) is 329 Å². The molecular formula is C63H116O6. The lowest BCUT2D eigenvalue weighted by Gasteiger charge is -2.18. The highest BCUT2D eigenvalue weighted by Gasteiger charge is 2.19. The molecule has 6 nitrogen and oxygen atoms in total. The average Bonchev–Trinajstić information content (AvgIpc) is 3.35. The first-order chi connectivity index (χ1) is 34.0. The van der Waals surface area contributed by atoms with E-state index >= 15 is 0 Å². The van der Waals surface area contributed by atoms with Crippen LogP contribution in [0.15, 0.2) is 36.5 Å². The molecule has 1 atom stereocenters. The highest BCUT2D eigenvalue weighted by Crippen LogP contribution is 2.18. The Bertz CT molecular complexity index is 1160. The number of allylic oxidation sites excluding steroid dienone is 6. The number of hydrogen-bond donors (Lipinski definition) is 0. The van der Waals surface area contributed by atoms with Gasteiger partial charge in [-0.05, 0) is 51.4 Å². The fraction of sp³-hybridized carbons (Fsp3) is 0.857. The Labute approximate surface area is 429 Å². The van der Waals surface area contributed by atoms with Crippen molar-refractivity contribution in [1.82, 2.24) is 0 Å². The van der Waals surface area contributed by atoms with Crippen LogP contribution in [0.2, 0.25) is 0 Å². The first kappa shape index (κ1) is 66.6. The van der Waals surface area contributed by atoms with Gasteiger partial charge in [0.25, 0.3) is 0 Å². The molecule has 0 saturated heterocycles. The number of carbonyl (C=O) groups is 3. The number of unbranched alkanes of at least 4 members (excludes halogenated alkanes) is 39. The molecule has 0 radical (unpaired) electrons. The third-order valence-electron chi connectivity index (χ3n) is 13.7. The molecule has 0 aliphatic carbocycles. The molecule has 0 amide bonds.